The number of ether oxygens (including phenoxy) is 2. The van der Waals surface area contributed by atoms with Crippen molar-refractivity contribution < 1.29 is 27.0 Å². The predicted molar refractivity (Wildman–Crippen MR) is 134 cm³/mol. The Labute approximate surface area is 214 Å². The number of rotatable bonds is 9. The fourth-order valence-corrected chi connectivity index (χ4v) is 4.24. The van der Waals surface area contributed by atoms with Gasteiger partial charge in [-0.05, 0) is 53.1 Å². The second-order valence-corrected chi connectivity index (χ2v) is 8.44. The molecular weight excluding hydrogens is 502 g/mol. The van der Waals surface area contributed by atoms with Crippen molar-refractivity contribution in [2.45, 2.75) is 26.2 Å². The number of halogens is 4. The van der Waals surface area contributed by atoms with Gasteiger partial charge < -0.3 is 19.0 Å². The van der Waals surface area contributed by atoms with Gasteiger partial charge in [-0.3, -0.25) is 4.79 Å². The largest absolute Gasteiger partial charge is 0.435 e. The number of para-hydroxylation sites is 1. The van der Waals surface area contributed by atoms with Crippen molar-refractivity contribution in [3.8, 4) is 22.6 Å². The van der Waals surface area contributed by atoms with Gasteiger partial charge in [-0.25, -0.2) is 4.98 Å². The van der Waals surface area contributed by atoms with Gasteiger partial charge in [0, 0.05) is 24.2 Å². The SMILES string of the molecule is O=c1ccc(-c2ccc3nc(Cc4ccc(OC(F)F)cc4)n(Cc4ccccc4OC(F)F)c3c2)c[nH]1. The first kappa shape index (κ1) is 25.1. The van der Waals surface area contributed by atoms with Crippen molar-refractivity contribution >= 4 is 11.0 Å². The molecule has 0 unspecified atom stereocenters. The first-order valence-electron chi connectivity index (χ1n) is 11.6. The van der Waals surface area contributed by atoms with Crippen LogP contribution in [0.2, 0.25) is 0 Å². The van der Waals surface area contributed by atoms with E-state index >= 15 is 0 Å². The first-order valence-corrected chi connectivity index (χ1v) is 11.6. The Morgan fingerprint density at radius 1 is 0.842 bits per heavy atom. The zero-order chi connectivity index (χ0) is 26.6. The van der Waals surface area contributed by atoms with Crippen LogP contribution in [0.1, 0.15) is 17.0 Å². The van der Waals surface area contributed by atoms with E-state index in [9.17, 15) is 22.4 Å². The Bertz CT molecular complexity index is 1590. The summed E-state index contributed by atoms with van der Waals surface area (Å²) < 4.78 is 62.2. The van der Waals surface area contributed by atoms with Crippen LogP contribution >= 0.6 is 0 Å². The molecule has 0 aliphatic rings. The highest BCUT2D eigenvalue weighted by Crippen LogP contribution is 2.29. The van der Waals surface area contributed by atoms with E-state index in [4.69, 9.17) is 9.72 Å². The molecule has 2 heterocycles. The van der Waals surface area contributed by atoms with Crippen LogP contribution < -0.4 is 15.0 Å². The molecule has 0 radical (unpaired) electrons. The van der Waals surface area contributed by atoms with Crippen molar-refractivity contribution in [3.05, 3.63) is 112 Å². The number of pyridine rings is 1. The van der Waals surface area contributed by atoms with Crippen LogP contribution in [0.3, 0.4) is 0 Å². The molecule has 3 aromatic carbocycles. The maximum absolute atomic E-state index is 13.1. The molecule has 0 saturated heterocycles. The van der Waals surface area contributed by atoms with E-state index in [1.807, 2.05) is 22.8 Å². The van der Waals surface area contributed by atoms with Gasteiger partial charge in [0.15, 0.2) is 0 Å². The second kappa shape index (κ2) is 10.8. The van der Waals surface area contributed by atoms with Crippen LogP contribution in [-0.2, 0) is 13.0 Å². The van der Waals surface area contributed by atoms with Crippen LogP contribution in [0.4, 0.5) is 17.6 Å². The minimum atomic E-state index is -2.98. The number of hydrogen-bond acceptors (Lipinski definition) is 4. The lowest BCUT2D eigenvalue weighted by molar-refractivity contribution is -0.0509. The standard InChI is InChI=1S/C28H21F4N3O3/c29-27(30)37-21-9-5-17(6-10-21)13-25-34-22-11-7-18(19-8-12-26(36)33-15-19)14-23(22)35(25)16-20-3-1-2-4-24(20)38-28(31)32/h1-12,14-15,27-28H,13,16H2,(H,33,36). The molecule has 0 saturated carbocycles. The van der Waals surface area contributed by atoms with Gasteiger partial charge in [0.1, 0.15) is 17.3 Å². The lowest BCUT2D eigenvalue weighted by atomic mass is 10.1. The quantitative estimate of drug-likeness (QED) is 0.233. The maximum Gasteiger partial charge on any atom is 0.387 e. The van der Waals surface area contributed by atoms with E-state index in [0.717, 1.165) is 22.2 Å². The van der Waals surface area contributed by atoms with Gasteiger partial charge in [-0.2, -0.15) is 17.6 Å². The van der Waals surface area contributed by atoms with Crippen LogP contribution in [0.25, 0.3) is 22.2 Å². The van der Waals surface area contributed by atoms with Gasteiger partial charge in [0.2, 0.25) is 5.56 Å². The smallest absolute Gasteiger partial charge is 0.387 e. The van der Waals surface area contributed by atoms with Gasteiger partial charge in [-0.15, -0.1) is 0 Å². The summed E-state index contributed by atoms with van der Waals surface area (Å²) in [6.07, 6.45) is 1.95. The third kappa shape index (κ3) is 5.69. The number of imidazole rings is 1. The molecule has 0 aliphatic heterocycles. The highest BCUT2D eigenvalue weighted by molar-refractivity contribution is 5.82. The van der Waals surface area contributed by atoms with Crippen LogP contribution in [0.15, 0.2) is 89.9 Å². The summed E-state index contributed by atoms with van der Waals surface area (Å²) in [5.74, 6) is 0.731. The maximum atomic E-state index is 13.1. The number of nitrogens with one attached hydrogen (secondary N) is 1. The lowest BCUT2D eigenvalue weighted by Crippen LogP contribution is -2.10. The number of nitrogens with zero attached hydrogens (tertiary/aromatic N) is 2. The molecule has 38 heavy (non-hydrogen) atoms. The number of H-pyrrole nitrogens is 1. The number of aromatic amines is 1. The average molecular weight is 523 g/mol. The molecule has 0 fully saturated rings. The van der Waals surface area contributed by atoms with E-state index in [2.05, 4.69) is 9.72 Å². The Morgan fingerprint density at radius 2 is 1.58 bits per heavy atom. The average Bonchev–Trinajstić information content (AvgIpc) is 3.22. The Balaban J connectivity index is 1.57. The lowest BCUT2D eigenvalue weighted by Gasteiger charge is -2.14. The van der Waals surface area contributed by atoms with Crippen molar-refractivity contribution in [2.24, 2.45) is 0 Å². The van der Waals surface area contributed by atoms with Crippen molar-refractivity contribution in [1.82, 2.24) is 14.5 Å². The van der Waals surface area contributed by atoms with E-state index in [1.54, 1.807) is 42.6 Å². The molecule has 0 bridgehead atoms. The van der Waals surface area contributed by atoms with Crippen LogP contribution in [0.5, 0.6) is 11.5 Å². The molecule has 2 aromatic heterocycles. The Hall–Kier alpha value is -4.60. The normalized spacial score (nSPS) is 11.4. The van der Waals surface area contributed by atoms with E-state index in [1.165, 1.54) is 24.3 Å². The number of benzene rings is 3. The summed E-state index contributed by atoms with van der Waals surface area (Å²) in [5, 5.41) is 0. The Kier molecular flexibility index (Phi) is 7.12. The molecule has 10 heteroatoms. The molecule has 5 rings (SSSR count). The topological polar surface area (TPSA) is 69.1 Å². The minimum Gasteiger partial charge on any atom is -0.435 e. The number of aromatic nitrogens is 3. The highest BCUT2D eigenvalue weighted by atomic mass is 19.3. The number of hydrogen-bond donors (Lipinski definition) is 1. The summed E-state index contributed by atoms with van der Waals surface area (Å²) in [5.41, 5.74) is 4.14. The molecule has 6 nitrogen and oxygen atoms in total. The molecular formula is C28H21F4N3O3. The molecule has 1 N–H and O–H groups in total. The van der Waals surface area contributed by atoms with Gasteiger partial charge in [0.05, 0.1) is 17.6 Å². The fourth-order valence-electron chi connectivity index (χ4n) is 4.24. The van der Waals surface area contributed by atoms with Crippen molar-refractivity contribution in [3.63, 3.8) is 0 Å². The number of fused-ring (bicyclic) bond motifs is 1. The summed E-state index contributed by atoms with van der Waals surface area (Å²) in [7, 11) is 0. The summed E-state index contributed by atoms with van der Waals surface area (Å²) >= 11 is 0. The van der Waals surface area contributed by atoms with Crippen LogP contribution in [0, 0.1) is 0 Å². The fraction of sp³-hybridized carbons (Fsp3) is 0.143. The zero-order valence-electron chi connectivity index (χ0n) is 19.8. The second-order valence-electron chi connectivity index (χ2n) is 8.44. The number of alkyl halides is 4. The molecule has 5 aromatic rings. The van der Waals surface area contributed by atoms with E-state index in [0.29, 0.717) is 23.3 Å². The van der Waals surface area contributed by atoms with Gasteiger partial charge >= 0.3 is 13.2 Å². The molecule has 0 amide bonds. The molecule has 0 spiro atoms. The summed E-state index contributed by atoms with van der Waals surface area (Å²) in [6, 6.07) is 21.5. The predicted octanol–water partition coefficient (Wildman–Crippen LogP) is 6.23. The summed E-state index contributed by atoms with van der Waals surface area (Å²) in [6.45, 7) is -5.70. The molecule has 194 valence electrons. The molecule has 0 aliphatic carbocycles. The third-order valence-electron chi connectivity index (χ3n) is 5.97. The van der Waals surface area contributed by atoms with Gasteiger partial charge in [0.25, 0.3) is 0 Å². The minimum absolute atomic E-state index is 0.0425. The van der Waals surface area contributed by atoms with E-state index < -0.39 is 13.2 Å². The Morgan fingerprint density at radius 3 is 2.29 bits per heavy atom. The summed E-state index contributed by atoms with van der Waals surface area (Å²) in [4.78, 5) is 18.9. The monoisotopic (exact) mass is 523 g/mol. The first-order chi connectivity index (χ1) is 18.4. The highest BCUT2D eigenvalue weighted by Gasteiger charge is 2.17. The van der Waals surface area contributed by atoms with Crippen molar-refractivity contribution in [2.75, 3.05) is 0 Å². The molecule has 0 atom stereocenters. The van der Waals surface area contributed by atoms with E-state index in [-0.39, 0.29) is 23.6 Å². The van der Waals surface area contributed by atoms with Crippen molar-refractivity contribution in [1.29, 1.82) is 0 Å². The zero-order valence-corrected chi connectivity index (χ0v) is 19.8. The van der Waals surface area contributed by atoms with Gasteiger partial charge in [-0.1, -0.05) is 36.4 Å². The van der Waals surface area contributed by atoms with Crippen LogP contribution in [-0.4, -0.2) is 27.8 Å². The third-order valence-corrected chi connectivity index (χ3v) is 5.97.